The van der Waals surface area contributed by atoms with Crippen LogP contribution in [0.5, 0.6) is 17.2 Å². The fourth-order valence-electron chi connectivity index (χ4n) is 3.73. The molecule has 30 heavy (non-hydrogen) atoms. The lowest BCUT2D eigenvalue weighted by Crippen LogP contribution is -2.04. The van der Waals surface area contributed by atoms with Crippen LogP contribution in [0.4, 0.5) is 0 Å². The van der Waals surface area contributed by atoms with Crippen molar-refractivity contribution in [2.75, 3.05) is 0 Å². The first-order valence-electron chi connectivity index (χ1n) is 9.66. The van der Waals surface area contributed by atoms with Gasteiger partial charge in [-0.3, -0.25) is 9.59 Å². The van der Waals surface area contributed by atoms with Crippen LogP contribution in [-0.2, 0) is 0 Å². The maximum Gasteiger partial charge on any atom is 0.153 e. The van der Waals surface area contributed by atoms with Crippen molar-refractivity contribution >= 4 is 12.6 Å². The van der Waals surface area contributed by atoms with Crippen molar-refractivity contribution in [2.24, 2.45) is 0 Å². The lowest BCUT2D eigenvalue weighted by Gasteiger charge is -2.21. The van der Waals surface area contributed by atoms with E-state index in [2.05, 4.69) is 0 Å². The first kappa shape index (κ1) is 21.1. The second-order valence-corrected chi connectivity index (χ2v) is 7.61. The summed E-state index contributed by atoms with van der Waals surface area (Å²) in [6.07, 6.45) is 1.20. The van der Waals surface area contributed by atoms with Crippen LogP contribution in [0.1, 0.15) is 74.2 Å². The number of phenols is 3. The van der Waals surface area contributed by atoms with Gasteiger partial charge in [0.25, 0.3) is 0 Å². The molecule has 2 atom stereocenters. The van der Waals surface area contributed by atoms with Gasteiger partial charge in [0.15, 0.2) is 12.6 Å². The molecule has 0 saturated heterocycles. The quantitative estimate of drug-likeness (QED) is 0.500. The third-order valence-electron chi connectivity index (χ3n) is 5.60. The average Bonchev–Trinajstić information content (AvgIpc) is 2.74. The molecule has 5 heteroatoms. The van der Waals surface area contributed by atoms with Crippen molar-refractivity contribution in [3.8, 4) is 17.2 Å². The van der Waals surface area contributed by atoms with Gasteiger partial charge in [0, 0.05) is 23.0 Å². The number of rotatable bonds is 6. The van der Waals surface area contributed by atoms with Crippen molar-refractivity contribution in [1.82, 2.24) is 0 Å². The average molecular weight is 404 g/mol. The van der Waals surface area contributed by atoms with Crippen LogP contribution in [0, 0.1) is 6.92 Å². The van der Waals surface area contributed by atoms with E-state index < -0.39 is 0 Å². The van der Waals surface area contributed by atoms with Gasteiger partial charge in [-0.2, -0.15) is 0 Å². The number of benzene rings is 3. The Bertz CT molecular complexity index is 1030. The van der Waals surface area contributed by atoms with Crippen LogP contribution >= 0.6 is 0 Å². The van der Waals surface area contributed by atoms with Gasteiger partial charge < -0.3 is 15.3 Å². The zero-order valence-electron chi connectivity index (χ0n) is 17.1. The summed E-state index contributed by atoms with van der Waals surface area (Å²) in [5.74, 6) is -0.466. The van der Waals surface area contributed by atoms with Crippen LogP contribution < -0.4 is 0 Å². The molecule has 0 aliphatic rings. The first-order chi connectivity index (χ1) is 14.3. The Balaban J connectivity index is 2.07. The van der Waals surface area contributed by atoms with Gasteiger partial charge in [0.1, 0.15) is 17.2 Å². The Labute approximate surface area is 175 Å². The molecule has 0 heterocycles. The first-order valence-corrected chi connectivity index (χ1v) is 9.66. The van der Waals surface area contributed by atoms with Gasteiger partial charge >= 0.3 is 0 Å². The van der Waals surface area contributed by atoms with Gasteiger partial charge in [-0.15, -0.1) is 0 Å². The second-order valence-electron chi connectivity index (χ2n) is 7.61. The molecule has 0 fully saturated rings. The van der Waals surface area contributed by atoms with Gasteiger partial charge in [0.05, 0.1) is 11.1 Å². The zero-order chi connectivity index (χ0) is 22.0. The molecule has 3 aromatic carbocycles. The number of phenolic OH excluding ortho intramolecular Hbond substituents is 3. The molecule has 0 bridgehead atoms. The zero-order valence-corrected chi connectivity index (χ0v) is 17.1. The smallest absolute Gasteiger partial charge is 0.153 e. The number of aldehydes is 2. The molecule has 0 aliphatic heterocycles. The SMILES string of the molecule is Cc1cc(C(C)c2ccc(O)c(C=O)c2)c(O)c(C(C)c2ccc(O)c(C=O)c2)c1. The summed E-state index contributed by atoms with van der Waals surface area (Å²) in [4.78, 5) is 22.4. The highest BCUT2D eigenvalue weighted by atomic mass is 16.3. The van der Waals surface area contributed by atoms with Crippen molar-refractivity contribution < 1.29 is 24.9 Å². The third-order valence-corrected chi connectivity index (χ3v) is 5.60. The topological polar surface area (TPSA) is 94.8 Å². The standard InChI is InChI=1S/C25H24O5/c1-14-8-21(15(2)17-4-6-23(28)19(10-17)12-26)25(30)22(9-14)16(3)18-5-7-24(29)20(11-18)13-27/h4-13,15-16,28-30H,1-3H3. The molecule has 3 aromatic rings. The van der Waals surface area contributed by atoms with Gasteiger partial charge in [-0.1, -0.05) is 43.7 Å². The Morgan fingerprint density at radius 3 is 1.47 bits per heavy atom. The van der Waals surface area contributed by atoms with Gasteiger partial charge in [0.2, 0.25) is 0 Å². The Kier molecular flexibility index (Phi) is 5.92. The summed E-state index contributed by atoms with van der Waals surface area (Å²) in [6, 6.07) is 13.5. The second kappa shape index (κ2) is 8.41. The number of aromatic hydroxyl groups is 3. The van der Waals surface area contributed by atoms with Crippen molar-refractivity contribution in [1.29, 1.82) is 0 Å². The molecule has 0 saturated carbocycles. The van der Waals surface area contributed by atoms with E-state index in [4.69, 9.17) is 0 Å². The molecule has 154 valence electrons. The maximum atomic E-state index is 11.2. The van der Waals surface area contributed by atoms with Gasteiger partial charge in [-0.05, 0) is 42.3 Å². The minimum Gasteiger partial charge on any atom is -0.507 e. The maximum absolute atomic E-state index is 11.2. The van der Waals surface area contributed by atoms with E-state index in [1.807, 2.05) is 32.9 Å². The summed E-state index contributed by atoms with van der Waals surface area (Å²) < 4.78 is 0. The van der Waals surface area contributed by atoms with E-state index in [1.54, 1.807) is 24.3 Å². The summed E-state index contributed by atoms with van der Waals surface area (Å²) in [6.45, 7) is 5.79. The number of aryl methyl sites for hydroxylation is 1. The van der Waals surface area contributed by atoms with Crippen molar-refractivity contribution in [2.45, 2.75) is 32.6 Å². The summed E-state index contributed by atoms with van der Waals surface area (Å²) in [5, 5.41) is 30.6. The van der Waals surface area contributed by atoms with Crippen molar-refractivity contribution in [3.63, 3.8) is 0 Å². The van der Waals surface area contributed by atoms with Crippen LogP contribution in [0.2, 0.25) is 0 Å². The van der Waals surface area contributed by atoms with Crippen LogP contribution in [0.15, 0.2) is 48.5 Å². The molecule has 0 radical (unpaired) electrons. The fraction of sp³-hybridized carbons (Fsp3) is 0.200. The molecule has 0 aromatic heterocycles. The Morgan fingerprint density at radius 1 is 0.700 bits per heavy atom. The molecule has 0 aliphatic carbocycles. The highest BCUT2D eigenvalue weighted by Crippen LogP contribution is 2.40. The highest BCUT2D eigenvalue weighted by Gasteiger charge is 2.21. The minimum atomic E-state index is -0.222. The summed E-state index contributed by atoms with van der Waals surface area (Å²) >= 11 is 0. The van der Waals surface area contributed by atoms with Crippen LogP contribution in [-0.4, -0.2) is 27.9 Å². The lowest BCUT2D eigenvalue weighted by atomic mass is 9.84. The largest absolute Gasteiger partial charge is 0.507 e. The Hall–Kier alpha value is -3.60. The molecule has 0 spiro atoms. The third kappa shape index (κ3) is 3.92. The normalized spacial score (nSPS) is 12.9. The van der Waals surface area contributed by atoms with E-state index in [0.717, 1.165) is 16.7 Å². The monoisotopic (exact) mass is 404 g/mol. The highest BCUT2D eigenvalue weighted by molar-refractivity contribution is 5.80. The fourth-order valence-corrected chi connectivity index (χ4v) is 3.73. The number of carbonyl (C=O) groups is 2. The predicted octanol–water partition coefficient (Wildman–Crippen LogP) is 5.04. The van der Waals surface area contributed by atoms with E-state index in [9.17, 15) is 24.9 Å². The van der Waals surface area contributed by atoms with Crippen LogP contribution in [0.25, 0.3) is 0 Å². The minimum absolute atomic E-state index is 0.0814. The number of hydrogen-bond acceptors (Lipinski definition) is 5. The molecule has 5 nitrogen and oxygen atoms in total. The van der Waals surface area contributed by atoms with E-state index >= 15 is 0 Å². The van der Waals surface area contributed by atoms with E-state index in [0.29, 0.717) is 23.7 Å². The Morgan fingerprint density at radius 2 is 1.10 bits per heavy atom. The molecule has 3 rings (SSSR count). The van der Waals surface area contributed by atoms with E-state index in [-0.39, 0.29) is 40.2 Å². The van der Waals surface area contributed by atoms with E-state index in [1.165, 1.54) is 12.1 Å². The van der Waals surface area contributed by atoms with Crippen LogP contribution in [0.3, 0.4) is 0 Å². The lowest BCUT2D eigenvalue weighted by molar-refractivity contribution is 0.111. The van der Waals surface area contributed by atoms with Gasteiger partial charge in [-0.25, -0.2) is 0 Å². The molecule has 3 N–H and O–H groups in total. The molecule has 0 amide bonds. The summed E-state index contributed by atoms with van der Waals surface area (Å²) in [5.41, 5.74) is 4.35. The molecule has 2 unspecified atom stereocenters. The number of hydrogen-bond donors (Lipinski definition) is 3. The molecular formula is C25H24O5. The predicted molar refractivity (Wildman–Crippen MR) is 115 cm³/mol. The molecular weight excluding hydrogens is 380 g/mol. The summed E-state index contributed by atoms with van der Waals surface area (Å²) in [7, 11) is 0. The number of carbonyl (C=O) groups excluding carboxylic acids is 2. The van der Waals surface area contributed by atoms with Crippen molar-refractivity contribution in [3.05, 3.63) is 87.5 Å².